The molecule has 0 N–H and O–H groups in total. The van der Waals surface area contributed by atoms with Crippen LogP contribution >= 0.6 is 0 Å². The summed E-state index contributed by atoms with van der Waals surface area (Å²) in [4.78, 5) is 14.7. The van der Waals surface area contributed by atoms with Gasteiger partial charge in [-0.25, -0.2) is 4.79 Å². The van der Waals surface area contributed by atoms with Crippen LogP contribution in [-0.4, -0.2) is 5.97 Å². The number of rotatable bonds is 2. The van der Waals surface area contributed by atoms with Gasteiger partial charge in [0.15, 0.2) is 0 Å². The van der Waals surface area contributed by atoms with Gasteiger partial charge in [0.2, 0.25) is 0 Å². The second-order valence-electron chi connectivity index (χ2n) is 7.92. The van der Waals surface area contributed by atoms with Gasteiger partial charge in [0.1, 0.15) is 0 Å². The number of carbonyl (C=O) groups is 1. The number of fused-ring (bicyclic) bond motifs is 1. The van der Waals surface area contributed by atoms with Crippen molar-refractivity contribution in [2.45, 2.75) is 63.7 Å². The molecule has 1 aromatic carbocycles. The Morgan fingerprint density at radius 3 is 2.38 bits per heavy atom. The smallest absolute Gasteiger partial charge is 0.255 e. The van der Waals surface area contributed by atoms with Crippen LogP contribution in [0.15, 0.2) is 18.2 Å². The molecule has 3 rings (SSSR count). The molecule has 0 aliphatic heterocycles. The molecule has 2 nitrogen and oxygen atoms in total. The van der Waals surface area contributed by atoms with Crippen molar-refractivity contribution in [3.63, 3.8) is 0 Å². The van der Waals surface area contributed by atoms with E-state index in [4.69, 9.17) is 0 Å². The summed E-state index contributed by atoms with van der Waals surface area (Å²) in [6.45, 7) is 9.15. The first-order chi connectivity index (χ1) is 9.76. The monoisotopic (exact) mass is 290 g/mol. The zero-order chi connectivity index (χ0) is 15.4. The van der Waals surface area contributed by atoms with Gasteiger partial charge in [0, 0.05) is 4.53 Å². The summed E-state index contributed by atoms with van der Waals surface area (Å²) in [5.41, 5.74) is 4.30. The summed E-state index contributed by atoms with van der Waals surface area (Å²) in [5.74, 6) is -0.899. The maximum atomic E-state index is 12.0. The van der Waals surface area contributed by atoms with Crippen molar-refractivity contribution in [1.82, 2.24) is 0 Å². The number of benzene rings is 1. The molecule has 3 heteroatoms. The van der Waals surface area contributed by atoms with Crippen molar-refractivity contribution in [3.8, 4) is 0 Å². The Morgan fingerprint density at radius 2 is 1.76 bits per heavy atom. The molecule has 0 aromatic heterocycles. The first kappa shape index (κ1) is 14.6. The highest BCUT2D eigenvalue weighted by Crippen LogP contribution is 2.51. The Morgan fingerprint density at radius 1 is 1.14 bits per heavy atom. The van der Waals surface area contributed by atoms with Gasteiger partial charge in [-0.2, -0.15) is 0 Å². The summed E-state index contributed by atoms with van der Waals surface area (Å²) in [7, 11) is 0. The van der Waals surface area contributed by atoms with Crippen molar-refractivity contribution in [2.24, 2.45) is 5.92 Å². The highest BCUT2D eigenvalue weighted by Gasteiger charge is 2.47. The van der Waals surface area contributed by atoms with Gasteiger partial charge < -0.3 is 0 Å². The first-order valence-electron chi connectivity index (χ1n) is 7.73. The second-order valence-corrected chi connectivity index (χ2v) is 7.92. The average Bonchev–Trinajstić information content (AvgIpc) is 3.23. The molecule has 2 atom stereocenters. The van der Waals surface area contributed by atoms with Crippen molar-refractivity contribution in [3.05, 3.63) is 34.9 Å². The van der Waals surface area contributed by atoms with E-state index in [9.17, 15) is 9.32 Å². The Kier molecular flexibility index (Phi) is 3.16. The molecule has 0 bridgehead atoms. The van der Waals surface area contributed by atoms with Crippen molar-refractivity contribution in [2.75, 3.05) is 0 Å². The van der Waals surface area contributed by atoms with Gasteiger partial charge in [-0.15, -0.1) is 0 Å². The fourth-order valence-corrected chi connectivity index (χ4v) is 3.72. The predicted octanol–water partition coefficient (Wildman–Crippen LogP) is 4.57. The molecule has 0 spiro atoms. The lowest BCUT2D eigenvalue weighted by Crippen LogP contribution is -2.33. The summed E-state index contributed by atoms with van der Waals surface area (Å²) >= 11 is 0. The third kappa shape index (κ3) is 2.37. The lowest BCUT2D eigenvalue weighted by Gasteiger charge is -2.42. The molecule has 0 heterocycles. The minimum Gasteiger partial charge on any atom is -0.255 e. The van der Waals surface area contributed by atoms with E-state index in [1.165, 1.54) is 17.5 Å². The Labute approximate surface area is 125 Å². The van der Waals surface area contributed by atoms with Gasteiger partial charge in [-0.3, -0.25) is 4.94 Å². The molecule has 2 aliphatic carbocycles. The molecule has 2 unspecified atom stereocenters. The normalized spacial score (nSPS) is 28.6. The van der Waals surface area contributed by atoms with Crippen LogP contribution in [-0.2, 0) is 20.6 Å². The fraction of sp³-hybridized carbons (Fsp3) is 0.611. The van der Waals surface area contributed by atoms with Crippen LogP contribution in [0.4, 0.5) is 4.53 Å². The molecule has 114 valence electrons. The molecule has 0 radical (unpaired) electrons. The Bertz CT molecular complexity index is 589. The van der Waals surface area contributed by atoms with Gasteiger partial charge in [0.05, 0.1) is 5.92 Å². The van der Waals surface area contributed by atoms with E-state index in [1.54, 1.807) is 0 Å². The van der Waals surface area contributed by atoms with Gasteiger partial charge in [-0.05, 0) is 52.7 Å². The third-order valence-electron chi connectivity index (χ3n) is 5.47. The summed E-state index contributed by atoms with van der Waals surface area (Å²) in [6, 6.07) is 6.56. The van der Waals surface area contributed by atoms with Crippen LogP contribution < -0.4 is 0 Å². The third-order valence-corrected chi connectivity index (χ3v) is 5.47. The molecule has 1 aromatic rings. The minimum atomic E-state index is -0.725. The van der Waals surface area contributed by atoms with E-state index in [1.807, 2.05) is 0 Å². The molecular formula is C18H23FO2. The maximum Gasteiger partial charge on any atom is 0.352 e. The van der Waals surface area contributed by atoms with E-state index in [0.29, 0.717) is 6.42 Å². The number of hydrogen-bond donors (Lipinski definition) is 0. The predicted molar refractivity (Wildman–Crippen MR) is 79.8 cm³/mol. The number of carbonyl (C=O) groups excluding carboxylic acids is 1. The van der Waals surface area contributed by atoms with Crippen LogP contribution in [0.3, 0.4) is 0 Å². The van der Waals surface area contributed by atoms with E-state index in [-0.39, 0.29) is 22.7 Å². The van der Waals surface area contributed by atoms with Gasteiger partial charge in [-0.1, -0.05) is 45.9 Å². The SMILES string of the molecule is CC1(C)CCC(C)(C)c2cc(C3CC3C(=O)OF)ccc21. The zero-order valence-corrected chi connectivity index (χ0v) is 13.2. The number of hydrogen-bond acceptors (Lipinski definition) is 2. The minimum absolute atomic E-state index is 0.124. The summed E-state index contributed by atoms with van der Waals surface area (Å²) in [5, 5.41) is 0. The quantitative estimate of drug-likeness (QED) is 0.797. The summed E-state index contributed by atoms with van der Waals surface area (Å²) in [6.07, 6.45) is 3.05. The van der Waals surface area contributed by atoms with E-state index >= 15 is 0 Å². The second kappa shape index (κ2) is 4.56. The molecule has 1 fully saturated rings. The fourth-order valence-electron chi connectivity index (χ4n) is 3.72. The Balaban J connectivity index is 1.96. The Hall–Kier alpha value is -1.38. The average molecular weight is 290 g/mol. The first-order valence-corrected chi connectivity index (χ1v) is 7.73. The topological polar surface area (TPSA) is 26.3 Å². The van der Waals surface area contributed by atoms with Crippen LogP contribution in [0.25, 0.3) is 0 Å². The largest absolute Gasteiger partial charge is 0.352 e. The van der Waals surface area contributed by atoms with Crippen molar-refractivity contribution >= 4 is 5.97 Å². The van der Waals surface area contributed by atoms with Gasteiger partial charge in [0.25, 0.3) is 0 Å². The van der Waals surface area contributed by atoms with Crippen LogP contribution in [0.2, 0.25) is 0 Å². The highest BCUT2D eigenvalue weighted by atomic mass is 19.3. The van der Waals surface area contributed by atoms with Crippen LogP contribution in [0.5, 0.6) is 0 Å². The number of halogens is 1. The summed E-state index contributed by atoms with van der Waals surface area (Å²) < 4.78 is 12.0. The maximum absolute atomic E-state index is 12.0. The molecule has 21 heavy (non-hydrogen) atoms. The van der Waals surface area contributed by atoms with Crippen LogP contribution in [0, 0.1) is 5.92 Å². The highest BCUT2D eigenvalue weighted by molar-refractivity contribution is 5.76. The van der Waals surface area contributed by atoms with Crippen molar-refractivity contribution in [1.29, 1.82) is 0 Å². The molecule has 1 saturated carbocycles. The molecule has 0 saturated heterocycles. The molecular weight excluding hydrogens is 267 g/mol. The van der Waals surface area contributed by atoms with E-state index in [0.717, 1.165) is 12.0 Å². The standard InChI is InChI=1S/C18H23FO2/c1-17(2)7-8-18(3,4)15-9-11(5-6-14(15)17)12-10-13(12)16(20)21-19/h5-6,9,12-13H,7-8,10H2,1-4H3. The van der Waals surface area contributed by atoms with E-state index in [2.05, 4.69) is 50.8 Å². The van der Waals surface area contributed by atoms with E-state index < -0.39 is 5.97 Å². The van der Waals surface area contributed by atoms with Gasteiger partial charge >= 0.3 is 5.97 Å². The van der Waals surface area contributed by atoms with Crippen LogP contribution in [0.1, 0.15) is 69.6 Å². The zero-order valence-electron chi connectivity index (χ0n) is 13.2. The lowest BCUT2D eigenvalue weighted by atomic mass is 9.63. The van der Waals surface area contributed by atoms with Crippen molar-refractivity contribution < 1.29 is 14.3 Å². The molecule has 2 aliphatic rings. The molecule has 0 amide bonds. The lowest BCUT2D eigenvalue weighted by molar-refractivity contribution is -0.185.